The van der Waals surface area contributed by atoms with Crippen molar-refractivity contribution in [2.24, 2.45) is 0 Å². The summed E-state index contributed by atoms with van der Waals surface area (Å²) >= 11 is 1.27. The summed E-state index contributed by atoms with van der Waals surface area (Å²) in [6.45, 7) is 3.57. The molecule has 1 aromatic heterocycles. The standard InChI is InChI=1S/C16H15NO2S/c1-10-9-12-5-3-4-6-13(12)17(10)16(19)15-8-7-14(20-15)11(2)18/h3-8,10H,9H2,1-2H3/t10-/m0/s1. The molecule has 1 aromatic carbocycles. The fourth-order valence-electron chi connectivity index (χ4n) is 2.64. The molecule has 1 aliphatic heterocycles. The van der Waals surface area contributed by atoms with Crippen LogP contribution in [0.1, 0.15) is 38.8 Å². The zero-order valence-corrected chi connectivity index (χ0v) is 12.2. The zero-order chi connectivity index (χ0) is 14.3. The van der Waals surface area contributed by atoms with Crippen LogP contribution in [0.3, 0.4) is 0 Å². The number of nitrogens with zero attached hydrogens (tertiary/aromatic N) is 1. The van der Waals surface area contributed by atoms with Gasteiger partial charge in [-0.15, -0.1) is 11.3 Å². The van der Waals surface area contributed by atoms with Crippen molar-refractivity contribution in [3.05, 3.63) is 51.7 Å². The Morgan fingerprint density at radius 2 is 1.85 bits per heavy atom. The Kier molecular flexibility index (Phi) is 3.18. The summed E-state index contributed by atoms with van der Waals surface area (Å²) in [6.07, 6.45) is 0.882. The predicted molar refractivity (Wildman–Crippen MR) is 80.7 cm³/mol. The quantitative estimate of drug-likeness (QED) is 0.791. The molecule has 0 unspecified atom stereocenters. The van der Waals surface area contributed by atoms with Gasteiger partial charge in [-0.1, -0.05) is 18.2 Å². The highest BCUT2D eigenvalue weighted by atomic mass is 32.1. The van der Waals surface area contributed by atoms with Crippen LogP contribution in [-0.2, 0) is 6.42 Å². The number of rotatable bonds is 2. The summed E-state index contributed by atoms with van der Waals surface area (Å²) in [7, 11) is 0. The molecule has 0 spiro atoms. The maximum atomic E-state index is 12.7. The van der Waals surface area contributed by atoms with Crippen molar-refractivity contribution in [3.63, 3.8) is 0 Å². The summed E-state index contributed by atoms with van der Waals surface area (Å²) in [4.78, 5) is 27.1. The number of amides is 1. The van der Waals surface area contributed by atoms with Crippen LogP contribution in [0.5, 0.6) is 0 Å². The topological polar surface area (TPSA) is 37.4 Å². The molecule has 0 N–H and O–H groups in total. The molecule has 0 bridgehead atoms. The number of carbonyl (C=O) groups excluding carboxylic acids is 2. The fourth-order valence-corrected chi connectivity index (χ4v) is 3.47. The molecule has 3 nitrogen and oxygen atoms in total. The first-order valence-corrected chi connectivity index (χ1v) is 7.42. The van der Waals surface area contributed by atoms with E-state index in [4.69, 9.17) is 0 Å². The Balaban J connectivity index is 1.96. The average Bonchev–Trinajstić information content (AvgIpc) is 3.01. The number of fused-ring (bicyclic) bond motifs is 1. The summed E-state index contributed by atoms with van der Waals surface area (Å²) in [6, 6.07) is 11.6. The van der Waals surface area contributed by atoms with Crippen molar-refractivity contribution in [2.75, 3.05) is 4.90 Å². The number of hydrogen-bond donors (Lipinski definition) is 0. The second-order valence-electron chi connectivity index (χ2n) is 5.08. The van der Waals surface area contributed by atoms with Crippen LogP contribution < -0.4 is 4.90 Å². The van der Waals surface area contributed by atoms with Gasteiger partial charge in [0.25, 0.3) is 5.91 Å². The van der Waals surface area contributed by atoms with E-state index in [2.05, 4.69) is 13.0 Å². The van der Waals surface area contributed by atoms with Gasteiger partial charge in [0.2, 0.25) is 0 Å². The van der Waals surface area contributed by atoms with Crippen molar-refractivity contribution in [1.29, 1.82) is 0 Å². The molecule has 0 saturated carbocycles. The molecule has 102 valence electrons. The van der Waals surface area contributed by atoms with Crippen LogP contribution in [0.4, 0.5) is 5.69 Å². The zero-order valence-electron chi connectivity index (χ0n) is 11.4. The number of thiophene rings is 1. The minimum atomic E-state index is -0.0139. The van der Waals surface area contributed by atoms with Gasteiger partial charge in [0, 0.05) is 11.7 Å². The molecule has 3 rings (SSSR count). The van der Waals surface area contributed by atoms with Crippen LogP contribution >= 0.6 is 11.3 Å². The molecule has 2 aromatic rings. The van der Waals surface area contributed by atoms with Gasteiger partial charge >= 0.3 is 0 Å². The minimum absolute atomic E-state index is 0.00363. The van der Waals surface area contributed by atoms with Crippen LogP contribution in [-0.4, -0.2) is 17.7 Å². The van der Waals surface area contributed by atoms with Crippen molar-refractivity contribution < 1.29 is 9.59 Å². The first kappa shape index (κ1) is 13.1. The lowest BCUT2D eigenvalue weighted by Crippen LogP contribution is -2.35. The number of benzene rings is 1. The molecule has 0 radical (unpaired) electrons. The first-order valence-electron chi connectivity index (χ1n) is 6.60. The van der Waals surface area contributed by atoms with Crippen molar-refractivity contribution >= 4 is 28.7 Å². The van der Waals surface area contributed by atoms with E-state index in [-0.39, 0.29) is 17.7 Å². The van der Waals surface area contributed by atoms with E-state index < -0.39 is 0 Å². The second-order valence-corrected chi connectivity index (χ2v) is 6.16. The van der Waals surface area contributed by atoms with Crippen LogP contribution in [0.25, 0.3) is 0 Å². The Bertz CT molecular complexity index is 689. The van der Waals surface area contributed by atoms with E-state index in [0.29, 0.717) is 9.75 Å². The molecular weight excluding hydrogens is 270 g/mol. The lowest BCUT2D eigenvalue weighted by Gasteiger charge is -2.21. The van der Waals surface area contributed by atoms with Crippen molar-refractivity contribution in [1.82, 2.24) is 0 Å². The smallest absolute Gasteiger partial charge is 0.268 e. The number of Topliss-reactive ketones (excluding diaryl/α,β-unsaturated/α-hetero) is 1. The Hall–Kier alpha value is -1.94. The van der Waals surface area contributed by atoms with E-state index in [1.54, 1.807) is 12.1 Å². The SMILES string of the molecule is CC(=O)c1ccc(C(=O)N2c3ccccc3C[C@@H]2C)s1. The molecule has 0 aliphatic carbocycles. The molecule has 4 heteroatoms. The monoisotopic (exact) mass is 285 g/mol. The highest BCUT2D eigenvalue weighted by molar-refractivity contribution is 7.16. The average molecular weight is 285 g/mol. The summed E-state index contributed by atoms with van der Waals surface area (Å²) in [5.74, 6) is -0.0103. The van der Waals surface area contributed by atoms with Gasteiger partial charge in [-0.05, 0) is 44.0 Å². The minimum Gasteiger partial charge on any atom is -0.304 e. The third-order valence-corrected chi connectivity index (χ3v) is 4.76. The lowest BCUT2D eigenvalue weighted by atomic mass is 10.1. The fraction of sp³-hybridized carbons (Fsp3) is 0.250. The number of hydrogen-bond acceptors (Lipinski definition) is 3. The van der Waals surface area contributed by atoms with Crippen molar-refractivity contribution in [3.8, 4) is 0 Å². The number of para-hydroxylation sites is 1. The Morgan fingerprint density at radius 1 is 1.15 bits per heavy atom. The van der Waals surface area contributed by atoms with Gasteiger partial charge < -0.3 is 4.90 Å². The normalized spacial score (nSPS) is 17.1. The third-order valence-electron chi connectivity index (χ3n) is 3.59. The summed E-state index contributed by atoms with van der Waals surface area (Å²) in [5.41, 5.74) is 2.19. The van der Waals surface area contributed by atoms with E-state index in [1.165, 1.54) is 23.8 Å². The van der Waals surface area contributed by atoms with E-state index in [0.717, 1.165) is 12.1 Å². The third kappa shape index (κ3) is 2.06. The van der Waals surface area contributed by atoms with E-state index >= 15 is 0 Å². The number of carbonyl (C=O) groups is 2. The molecule has 1 atom stereocenters. The Morgan fingerprint density at radius 3 is 2.55 bits per heavy atom. The number of anilines is 1. The van der Waals surface area contributed by atoms with Gasteiger partial charge in [0.05, 0.1) is 9.75 Å². The molecule has 0 saturated heterocycles. The highest BCUT2D eigenvalue weighted by Crippen LogP contribution is 2.34. The maximum Gasteiger partial charge on any atom is 0.268 e. The second kappa shape index (κ2) is 4.87. The molecule has 20 heavy (non-hydrogen) atoms. The molecule has 2 heterocycles. The first-order chi connectivity index (χ1) is 9.58. The van der Waals surface area contributed by atoms with Crippen LogP contribution in [0.2, 0.25) is 0 Å². The lowest BCUT2D eigenvalue weighted by molar-refractivity contribution is 0.0984. The maximum absolute atomic E-state index is 12.7. The van der Waals surface area contributed by atoms with Gasteiger partial charge in [-0.3, -0.25) is 9.59 Å². The van der Waals surface area contributed by atoms with Crippen LogP contribution in [0, 0.1) is 0 Å². The molecule has 1 amide bonds. The van der Waals surface area contributed by atoms with Gasteiger partial charge in [-0.25, -0.2) is 0 Å². The molecule has 1 aliphatic rings. The van der Waals surface area contributed by atoms with Crippen molar-refractivity contribution in [2.45, 2.75) is 26.3 Å². The van der Waals surface area contributed by atoms with Crippen LogP contribution in [0.15, 0.2) is 36.4 Å². The van der Waals surface area contributed by atoms with Gasteiger partial charge in [0.1, 0.15) is 0 Å². The molecule has 0 fully saturated rings. The van der Waals surface area contributed by atoms with E-state index in [1.807, 2.05) is 23.1 Å². The predicted octanol–water partition coefficient (Wildman–Crippen LogP) is 3.54. The van der Waals surface area contributed by atoms with Gasteiger partial charge in [-0.2, -0.15) is 0 Å². The Labute approximate surface area is 121 Å². The van der Waals surface area contributed by atoms with E-state index in [9.17, 15) is 9.59 Å². The number of ketones is 1. The van der Waals surface area contributed by atoms with Gasteiger partial charge in [0.15, 0.2) is 5.78 Å². The summed E-state index contributed by atoms with van der Waals surface area (Å²) < 4.78 is 0. The summed E-state index contributed by atoms with van der Waals surface area (Å²) in [5, 5.41) is 0. The highest BCUT2D eigenvalue weighted by Gasteiger charge is 2.31. The molecular formula is C16H15NO2S. The largest absolute Gasteiger partial charge is 0.304 e.